The summed E-state index contributed by atoms with van der Waals surface area (Å²) in [5.41, 5.74) is 3.88. The van der Waals surface area contributed by atoms with Crippen LogP contribution in [0.1, 0.15) is 18.1 Å². The van der Waals surface area contributed by atoms with Crippen molar-refractivity contribution in [1.82, 2.24) is 20.2 Å². The molecule has 0 amide bonds. The molecule has 1 aromatic heterocycles. The molecule has 4 heteroatoms. The van der Waals surface area contributed by atoms with Crippen LogP contribution in [0.4, 0.5) is 0 Å². The summed E-state index contributed by atoms with van der Waals surface area (Å²) >= 11 is 0. The van der Waals surface area contributed by atoms with Gasteiger partial charge in [-0.1, -0.05) is 19.1 Å². The van der Waals surface area contributed by atoms with Crippen molar-refractivity contribution in [2.75, 3.05) is 0 Å². The van der Waals surface area contributed by atoms with Crippen LogP contribution in [-0.2, 0) is 12.8 Å². The fourth-order valence-electron chi connectivity index (χ4n) is 2.31. The van der Waals surface area contributed by atoms with Gasteiger partial charge in [0.2, 0.25) is 0 Å². The van der Waals surface area contributed by atoms with E-state index in [1.54, 1.807) is 4.80 Å². The van der Waals surface area contributed by atoms with Gasteiger partial charge in [-0.15, -0.1) is 15.0 Å². The zero-order valence-electron chi connectivity index (χ0n) is 8.59. The fourth-order valence-corrected chi connectivity index (χ4v) is 2.31. The molecule has 0 radical (unpaired) electrons. The summed E-state index contributed by atoms with van der Waals surface area (Å²) in [6.07, 6.45) is 3.75. The molecular weight excluding hydrogens is 188 g/mol. The predicted molar refractivity (Wildman–Crippen MR) is 55.7 cm³/mol. The minimum absolute atomic E-state index is 0.727. The fraction of sp³-hybridized carbons (Fsp3) is 0.364. The van der Waals surface area contributed by atoms with Crippen LogP contribution in [0.15, 0.2) is 24.5 Å². The Morgan fingerprint density at radius 1 is 1.33 bits per heavy atom. The van der Waals surface area contributed by atoms with Crippen LogP contribution in [-0.4, -0.2) is 20.2 Å². The maximum Gasteiger partial charge on any atom is 0.162 e. The second-order valence-corrected chi connectivity index (χ2v) is 4.15. The molecule has 0 N–H and O–H groups in total. The van der Waals surface area contributed by atoms with Crippen LogP contribution >= 0.6 is 0 Å². The smallest absolute Gasteiger partial charge is 0.135 e. The zero-order valence-corrected chi connectivity index (χ0v) is 8.59. The molecule has 0 aliphatic heterocycles. The third-order valence-electron chi connectivity index (χ3n) is 2.93. The molecule has 1 unspecified atom stereocenters. The van der Waals surface area contributed by atoms with Crippen LogP contribution in [0.2, 0.25) is 0 Å². The van der Waals surface area contributed by atoms with Crippen LogP contribution in [0.3, 0.4) is 0 Å². The number of fused-ring (bicyclic) bond motifs is 1. The van der Waals surface area contributed by atoms with E-state index in [-0.39, 0.29) is 0 Å². The highest BCUT2D eigenvalue weighted by atomic mass is 15.6. The topological polar surface area (TPSA) is 43.6 Å². The Bertz CT molecular complexity index is 475. The lowest BCUT2D eigenvalue weighted by molar-refractivity contribution is 0.623. The number of hydrogen-bond donors (Lipinski definition) is 0. The van der Waals surface area contributed by atoms with Gasteiger partial charge in [-0.3, -0.25) is 0 Å². The molecule has 1 aliphatic carbocycles. The Hall–Kier alpha value is -1.71. The summed E-state index contributed by atoms with van der Waals surface area (Å²) in [6.45, 7) is 2.28. The van der Waals surface area contributed by atoms with Crippen LogP contribution in [0.25, 0.3) is 5.69 Å². The normalized spacial score (nSPS) is 19.1. The van der Waals surface area contributed by atoms with E-state index in [2.05, 4.69) is 40.5 Å². The lowest BCUT2D eigenvalue weighted by Gasteiger charge is -2.05. The molecule has 3 rings (SSSR count). The Kier molecular flexibility index (Phi) is 1.80. The quantitative estimate of drug-likeness (QED) is 0.698. The van der Waals surface area contributed by atoms with Gasteiger partial charge in [0.25, 0.3) is 0 Å². The summed E-state index contributed by atoms with van der Waals surface area (Å²) in [4.78, 5) is 1.61. The van der Waals surface area contributed by atoms with Gasteiger partial charge in [0.05, 0.1) is 5.69 Å². The maximum absolute atomic E-state index is 4.08. The SMILES string of the molecule is CC1Cc2cccc(-n3ncnn3)c2C1. The standard InChI is InChI=1S/C11H12N4/c1-8-5-9-3-2-4-11(10(9)6-8)15-13-7-12-14-15/h2-4,7-8H,5-6H2,1H3. The van der Waals surface area contributed by atoms with Gasteiger partial charge in [0.15, 0.2) is 6.33 Å². The molecule has 1 aromatic carbocycles. The Morgan fingerprint density at radius 2 is 2.27 bits per heavy atom. The Morgan fingerprint density at radius 3 is 3.07 bits per heavy atom. The van der Waals surface area contributed by atoms with Crippen molar-refractivity contribution in [2.45, 2.75) is 19.8 Å². The number of benzene rings is 1. The van der Waals surface area contributed by atoms with Gasteiger partial charge in [-0.2, -0.15) is 0 Å². The largest absolute Gasteiger partial charge is 0.162 e. The van der Waals surface area contributed by atoms with Crippen LogP contribution in [0.5, 0.6) is 0 Å². The van der Waals surface area contributed by atoms with Crippen molar-refractivity contribution in [3.05, 3.63) is 35.7 Å². The predicted octanol–water partition coefficient (Wildman–Crippen LogP) is 1.40. The summed E-state index contributed by atoms with van der Waals surface area (Å²) in [5.74, 6) is 0.727. The van der Waals surface area contributed by atoms with E-state index >= 15 is 0 Å². The second-order valence-electron chi connectivity index (χ2n) is 4.15. The number of hydrogen-bond acceptors (Lipinski definition) is 3. The van der Waals surface area contributed by atoms with Gasteiger partial charge < -0.3 is 0 Å². The highest BCUT2D eigenvalue weighted by Crippen LogP contribution is 2.30. The van der Waals surface area contributed by atoms with Gasteiger partial charge in [-0.05, 0) is 41.2 Å². The van der Waals surface area contributed by atoms with E-state index in [1.807, 2.05) is 0 Å². The van der Waals surface area contributed by atoms with Crippen LogP contribution < -0.4 is 0 Å². The number of aromatic nitrogens is 4. The van der Waals surface area contributed by atoms with Gasteiger partial charge in [0, 0.05) is 0 Å². The van der Waals surface area contributed by atoms with Gasteiger partial charge in [-0.25, -0.2) is 0 Å². The highest BCUT2D eigenvalue weighted by Gasteiger charge is 2.21. The third-order valence-corrected chi connectivity index (χ3v) is 2.93. The molecule has 1 heterocycles. The van der Waals surface area contributed by atoms with Crippen LogP contribution in [0, 0.1) is 5.92 Å². The lowest BCUT2D eigenvalue weighted by atomic mass is 10.1. The molecule has 0 bridgehead atoms. The van der Waals surface area contributed by atoms with E-state index in [0.29, 0.717) is 0 Å². The molecule has 76 valence electrons. The summed E-state index contributed by atoms with van der Waals surface area (Å²) < 4.78 is 0. The molecule has 15 heavy (non-hydrogen) atoms. The number of tetrazole rings is 1. The van der Waals surface area contributed by atoms with E-state index in [9.17, 15) is 0 Å². The maximum atomic E-state index is 4.08. The van der Waals surface area contributed by atoms with Crippen molar-refractivity contribution < 1.29 is 0 Å². The average Bonchev–Trinajstić information content (AvgIpc) is 2.82. The van der Waals surface area contributed by atoms with Crippen molar-refractivity contribution in [1.29, 1.82) is 0 Å². The Labute approximate surface area is 87.9 Å². The molecule has 0 saturated heterocycles. The first kappa shape index (κ1) is 8.59. The molecule has 2 aromatic rings. The minimum Gasteiger partial charge on any atom is -0.135 e. The molecular formula is C11H12N4. The second kappa shape index (κ2) is 3.15. The van der Waals surface area contributed by atoms with E-state index < -0.39 is 0 Å². The van der Waals surface area contributed by atoms with Gasteiger partial charge >= 0.3 is 0 Å². The molecule has 4 nitrogen and oxygen atoms in total. The lowest BCUT2D eigenvalue weighted by Crippen LogP contribution is -2.03. The molecule has 0 fully saturated rings. The average molecular weight is 200 g/mol. The monoisotopic (exact) mass is 200 g/mol. The van der Waals surface area contributed by atoms with E-state index in [0.717, 1.165) is 24.4 Å². The summed E-state index contributed by atoms with van der Waals surface area (Å²) in [7, 11) is 0. The highest BCUT2D eigenvalue weighted by molar-refractivity contribution is 5.47. The molecule has 0 saturated carbocycles. The number of nitrogens with zero attached hydrogens (tertiary/aromatic N) is 4. The van der Waals surface area contributed by atoms with Crippen molar-refractivity contribution in [3.8, 4) is 5.69 Å². The summed E-state index contributed by atoms with van der Waals surface area (Å²) in [6, 6.07) is 6.31. The van der Waals surface area contributed by atoms with Gasteiger partial charge in [0.1, 0.15) is 0 Å². The van der Waals surface area contributed by atoms with E-state index in [1.165, 1.54) is 17.5 Å². The van der Waals surface area contributed by atoms with E-state index in [4.69, 9.17) is 0 Å². The minimum atomic E-state index is 0.727. The molecule has 1 aliphatic rings. The first-order valence-corrected chi connectivity index (χ1v) is 5.18. The molecule has 1 atom stereocenters. The summed E-state index contributed by atoms with van der Waals surface area (Å²) in [5, 5.41) is 11.8. The van der Waals surface area contributed by atoms with Crippen molar-refractivity contribution in [2.24, 2.45) is 5.92 Å². The third kappa shape index (κ3) is 1.33. The van der Waals surface area contributed by atoms with Crippen molar-refractivity contribution >= 4 is 0 Å². The Balaban J connectivity index is 2.15. The first-order valence-electron chi connectivity index (χ1n) is 5.18. The number of rotatable bonds is 1. The zero-order chi connectivity index (χ0) is 10.3. The first-order chi connectivity index (χ1) is 7.34. The van der Waals surface area contributed by atoms with Crippen molar-refractivity contribution in [3.63, 3.8) is 0 Å². The molecule has 0 spiro atoms.